The third-order valence-corrected chi connectivity index (χ3v) is 3.61. The second-order valence-corrected chi connectivity index (χ2v) is 5.92. The van der Waals surface area contributed by atoms with E-state index in [9.17, 15) is 0 Å². The SMILES string of the molecule is CCCCC#CC([SiH3])CCCCCCC. The van der Waals surface area contributed by atoms with Crippen molar-refractivity contribution in [3.63, 3.8) is 0 Å². The number of hydrogen-bond acceptors (Lipinski definition) is 0. The van der Waals surface area contributed by atoms with Gasteiger partial charge in [-0.05, 0) is 12.8 Å². The fraction of sp³-hybridized carbons (Fsp3) is 0.857. The Labute approximate surface area is 99.7 Å². The van der Waals surface area contributed by atoms with Crippen LogP contribution in [-0.2, 0) is 0 Å². The maximum atomic E-state index is 3.42. The Kier molecular flexibility index (Phi) is 11.7. The first-order valence-electron chi connectivity index (χ1n) is 6.79. The summed E-state index contributed by atoms with van der Waals surface area (Å²) in [6.07, 6.45) is 12.0. The molecule has 1 atom stereocenters. The van der Waals surface area contributed by atoms with Crippen LogP contribution in [0.15, 0.2) is 0 Å². The smallest absolute Gasteiger partial charge is 0.0218 e. The molecule has 1 heteroatoms. The Morgan fingerprint density at radius 1 is 0.933 bits per heavy atom. The molecule has 0 radical (unpaired) electrons. The van der Waals surface area contributed by atoms with E-state index in [1.165, 1.54) is 61.6 Å². The van der Waals surface area contributed by atoms with Crippen molar-refractivity contribution in [2.24, 2.45) is 0 Å². The van der Waals surface area contributed by atoms with E-state index in [2.05, 4.69) is 25.7 Å². The maximum absolute atomic E-state index is 3.42. The third-order valence-electron chi connectivity index (χ3n) is 2.74. The molecule has 0 nitrogen and oxygen atoms in total. The summed E-state index contributed by atoms with van der Waals surface area (Å²) in [6, 6.07) is 0. The van der Waals surface area contributed by atoms with Gasteiger partial charge in [0.15, 0.2) is 0 Å². The standard InChI is InChI=1S/C14H28Si/c1-3-5-7-9-11-13-14(15)12-10-8-6-4-2/h14H,3-9,11,13H2,1-2,15H3. The highest BCUT2D eigenvalue weighted by molar-refractivity contribution is 6.13. The summed E-state index contributed by atoms with van der Waals surface area (Å²) >= 11 is 0. The molecule has 0 bridgehead atoms. The molecule has 0 rings (SSSR count). The summed E-state index contributed by atoms with van der Waals surface area (Å²) in [6.45, 7) is 4.50. The molecule has 0 aliphatic heterocycles. The van der Waals surface area contributed by atoms with Gasteiger partial charge in [-0.25, -0.2) is 0 Å². The van der Waals surface area contributed by atoms with Gasteiger partial charge in [0.2, 0.25) is 0 Å². The Hall–Kier alpha value is -0.223. The second kappa shape index (κ2) is 11.8. The Bertz CT molecular complexity index is 176. The van der Waals surface area contributed by atoms with Crippen LogP contribution in [0.5, 0.6) is 0 Å². The van der Waals surface area contributed by atoms with Crippen molar-refractivity contribution in [2.75, 3.05) is 0 Å². The molecule has 15 heavy (non-hydrogen) atoms. The fourth-order valence-electron chi connectivity index (χ4n) is 1.64. The molecule has 0 saturated heterocycles. The molecule has 0 amide bonds. The first kappa shape index (κ1) is 14.8. The van der Waals surface area contributed by atoms with E-state index in [-0.39, 0.29) is 0 Å². The van der Waals surface area contributed by atoms with Crippen molar-refractivity contribution in [2.45, 2.75) is 77.2 Å². The van der Waals surface area contributed by atoms with Gasteiger partial charge in [0, 0.05) is 22.2 Å². The summed E-state index contributed by atoms with van der Waals surface area (Å²) in [5.74, 6) is 6.74. The van der Waals surface area contributed by atoms with Gasteiger partial charge in [0.05, 0.1) is 0 Å². The lowest BCUT2D eigenvalue weighted by molar-refractivity contribution is 0.613. The molecule has 0 heterocycles. The molecule has 0 fully saturated rings. The summed E-state index contributed by atoms with van der Waals surface area (Å²) in [7, 11) is 1.25. The van der Waals surface area contributed by atoms with E-state index >= 15 is 0 Å². The predicted molar refractivity (Wildman–Crippen MR) is 74.4 cm³/mol. The number of rotatable bonds is 8. The average molecular weight is 224 g/mol. The van der Waals surface area contributed by atoms with Gasteiger partial charge in [0.1, 0.15) is 0 Å². The number of unbranched alkanes of at least 4 members (excludes halogenated alkanes) is 6. The summed E-state index contributed by atoms with van der Waals surface area (Å²) < 4.78 is 0. The van der Waals surface area contributed by atoms with Crippen molar-refractivity contribution in [3.05, 3.63) is 0 Å². The topological polar surface area (TPSA) is 0 Å². The largest absolute Gasteiger partial charge is 0.104 e. The van der Waals surface area contributed by atoms with Crippen LogP contribution >= 0.6 is 0 Å². The average Bonchev–Trinajstić information content (AvgIpc) is 2.24. The maximum Gasteiger partial charge on any atom is 0.0218 e. The third kappa shape index (κ3) is 11.7. The highest BCUT2D eigenvalue weighted by Crippen LogP contribution is 2.12. The lowest BCUT2D eigenvalue weighted by Crippen LogP contribution is -1.89. The first-order valence-corrected chi connectivity index (χ1v) is 7.95. The molecule has 1 unspecified atom stereocenters. The molecule has 0 aliphatic carbocycles. The van der Waals surface area contributed by atoms with E-state index in [0.29, 0.717) is 0 Å². The quantitative estimate of drug-likeness (QED) is 0.335. The fourth-order valence-corrected chi connectivity index (χ4v) is 2.25. The molecule has 0 saturated carbocycles. The van der Waals surface area contributed by atoms with Crippen molar-refractivity contribution < 1.29 is 0 Å². The van der Waals surface area contributed by atoms with Crippen LogP contribution in [0.25, 0.3) is 0 Å². The van der Waals surface area contributed by atoms with E-state index < -0.39 is 0 Å². The minimum Gasteiger partial charge on any atom is -0.104 e. The second-order valence-electron chi connectivity index (χ2n) is 4.53. The Balaban J connectivity index is 3.30. The zero-order valence-corrected chi connectivity index (χ0v) is 12.9. The van der Waals surface area contributed by atoms with E-state index in [0.717, 1.165) is 12.0 Å². The monoisotopic (exact) mass is 224 g/mol. The van der Waals surface area contributed by atoms with Gasteiger partial charge in [-0.15, -0.1) is 11.8 Å². The van der Waals surface area contributed by atoms with E-state index in [1.807, 2.05) is 0 Å². The van der Waals surface area contributed by atoms with Crippen LogP contribution < -0.4 is 0 Å². The molecule has 0 aliphatic rings. The molecule has 0 aromatic rings. The molecular weight excluding hydrogens is 196 g/mol. The van der Waals surface area contributed by atoms with Gasteiger partial charge in [-0.1, -0.05) is 52.4 Å². The van der Waals surface area contributed by atoms with Crippen LogP contribution in [0.2, 0.25) is 5.54 Å². The zero-order valence-electron chi connectivity index (χ0n) is 10.9. The summed E-state index contributed by atoms with van der Waals surface area (Å²) in [5, 5.41) is 0. The molecule has 0 aromatic carbocycles. The van der Waals surface area contributed by atoms with Gasteiger partial charge in [0.25, 0.3) is 0 Å². The molecule has 0 N–H and O–H groups in total. The zero-order chi connectivity index (χ0) is 11.4. The van der Waals surface area contributed by atoms with Crippen LogP contribution in [0.4, 0.5) is 0 Å². The molecular formula is C14H28Si. The van der Waals surface area contributed by atoms with Crippen LogP contribution in [0.1, 0.15) is 71.6 Å². The highest BCUT2D eigenvalue weighted by Gasteiger charge is 1.96. The number of hydrogen-bond donors (Lipinski definition) is 0. The van der Waals surface area contributed by atoms with Crippen LogP contribution in [0.3, 0.4) is 0 Å². The Morgan fingerprint density at radius 3 is 2.27 bits per heavy atom. The van der Waals surface area contributed by atoms with Crippen molar-refractivity contribution in [1.82, 2.24) is 0 Å². The minimum atomic E-state index is 0.753. The first-order chi connectivity index (χ1) is 7.31. The molecule has 0 spiro atoms. The normalized spacial score (nSPS) is 12.1. The van der Waals surface area contributed by atoms with E-state index in [1.54, 1.807) is 0 Å². The van der Waals surface area contributed by atoms with Crippen LogP contribution in [0, 0.1) is 11.8 Å². The van der Waals surface area contributed by atoms with Crippen molar-refractivity contribution in [1.29, 1.82) is 0 Å². The van der Waals surface area contributed by atoms with Crippen LogP contribution in [-0.4, -0.2) is 10.2 Å². The molecule has 88 valence electrons. The summed E-state index contributed by atoms with van der Waals surface area (Å²) in [4.78, 5) is 0. The highest BCUT2D eigenvalue weighted by atomic mass is 28.1. The summed E-state index contributed by atoms with van der Waals surface area (Å²) in [5.41, 5.74) is 0.753. The lowest BCUT2D eigenvalue weighted by atomic mass is 10.1. The van der Waals surface area contributed by atoms with Gasteiger partial charge in [-0.3, -0.25) is 0 Å². The van der Waals surface area contributed by atoms with Crippen molar-refractivity contribution >= 4 is 10.2 Å². The Morgan fingerprint density at radius 2 is 1.60 bits per heavy atom. The predicted octanol–water partition coefficient (Wildman–Crippen LogP) is 3.69. The molecule has 0 aromatic heterocycles. The van der Waals surface area contributed by atoms with Crippen molar-refractivity contribution in [3.8, 4) is 11.8 Å². The van der Waals surface area contributed by atoms with Gasteiger partial charge in [-0.2, -0.15) is 0 Å². The van der Waals surface area contributed by atoms with E-state index in [4.69, 9.17) is 0 Å². The van der Waals surface area contributed by atoms with Gasteiger partial charge < -0.3 is 0 Å². The van der Waals surface area contributed by atoms with Gasteiger partial charge >= 0.3 is 0 Å². The minimum absolute atomic E-state index is 0.753. The lowest BCUT2D eigenvalue weighted by Gasteiger charge is -2.03.